The first-order valence-electron chi connectivity index (χ1n) is 8.48. The molecule has 0 spiro atoms. The molecule has 4 rings (SSSR count). The molecule has 1 fully saturated rings. The van der Waals surface area contributed by atoms with Crippen LogP contribution in [0.4, 0.5) is 4.39 Å². The van der Waals surface area contributed by atoms with E-state index in [9.17, 15) is 14.0 Å². The van der Waals surface area contributed by atoms with Crippen molar-refractivity contribution in [2.75, 3.05) is 7.05 Å². The summed E-state index contributed by atoms with van der Waals surface area (Å²) in [6.07, 6.45) is 2.46. The maximum atomic E-state index is 13.2. The number of nitrogens with one attached hydrogen (secondary N) is 1. The number of hydrogen-bond donors (Lipinski definition) is 1. The van der Waals surface area contributed by atoms with E-state index in [1.807, 2.05) is 5.38 Å². The number of H-pyrrole nitrogens is 1. The molecular formula is C19H18FN3O2S. The number of fused-ring (bicyclic) bond motifs is 1. The molecule has 1 aromatic carbocycles. The van der Waals surface area contributed by atoms with Crippen LogP contribution in [0.2, 0.25) is 0 Å². The number of hydrogen-bond acceptors (Lipinski definition) is 4. The second-order valence-corrected chi connectivity index (χ2v) is 7.67. The molecule has 3 aromatic rings. The largest absolute Gasteiger partial charge is 0.338 e. The predicted molar refractivity (Wildman–Crippen MR) is 98.6 cm³/mol. The fraction of sp³-hybridized carbons (Fsp3) is 0.316. The molecular weight excluding hydrogens is 353 g/mol. The molecule has 0 unspecified atom stereocenters. The highest BCUT2D eigenvalue weighted by atomic mass is 32.1. The fourth-order valence-electron chi connectivity index (χ4n) is 3.58. The number of aromatic amines is 1. The highest BCUT2D eigenvalue weighted by Crippen LogP contribution is 2.45. The van der Waals surface area contributed by atoms with Crippen molar-refractivity contribution in [3.8, 4) is 0 Å². The monoisotopic (exact) mass is 371 g/mol. The summed E-state index contributed by atoms with van der Waals surface area (Å²) in [4.78, 5) is 34.0. The molecule has 0 bridgehead atoms. The van der Waals surface area contributed by atoms with E-state index in [0.717, 1.165) is 24.8 Å². The van der Waals surface area contributed by atoms with Gasteiger partial charge in [0.15, 0.2) is 0 Å². The molecule has 1 aliphatic rings. The standard InChI is InChI=1S/C19H18FN3O2S/c1-23(11-15-21-14-7-10-26-16(14)17(24)22-15)18(25)19(8-2-9-19)12-3-5-13(20)6-4-12/h3-7,10H,2,8-9,11H2,1H3,(H,21,22,24). The summed E-state index contributed by atoms with van der Waals surface area (Å²) in [6, 6.07) is 7.97. The van der Waals surface area contributed by atoms with Crippen LogP contribution >= 0.6 is 11.3 Å². The van der Waals surface area contributed by atoms with E-state index in [0.29, 0.717) is 16.0 Å². The molecule has 1 N–H and O–H groups in total. The second-order valence-electron chi connectivity index (χ2n) is 6.75. The summed E-state index contributed by atoms with van der Waals surface area (Å²) in [5.41, 5.74) is 0.704. The molecule has 0 radical (unpaired) electrons. The molecule has 0 aliphatic heterocycles. The SMILES string of the molecule is CN(Cc1nc2ccsc2c(=O)[nH]1)C(=O)C1(c2ccc(F)cc2)CCC1. The number of rotatable bonds is 4. The molecule has 7 heteroatoms. The number of likely N-dealkylation sites (N-methyl/N-ethyl adjacent to an activating group) is 1. The lowest BCUT2D eigenvalue weighted by Gasteiger charge is -2.43. The van der Waals surface area contributed by atoms with Crippen molar-refractivity contribution >= 4 is 27.5 Å². The summed E-state index contributed by atoms with van der Waals surface area (Å²) in [6.45, 7) is 0.225. The summed E-state index contributed by atoms with van der Waals surface area (Å²) in [5, 5.41) is 1.82. The number of carbonyl (C=O) groups is 1. The average molecular weight is 371 g/mol. The molecule has 5 nitrogen and oxygen atoms in total. The van der Waals surface area contributed by atoms with Crippen molar-refractivity contribution in [1.29, 1.82) is 0 Å². The average Bonchev–Trinajstić information content (AvgIpc) is 3.04. The van der Waals surface area contributed by atoms with E-state index < -0.39 is 5.41 Å². The fourth-order valence-corrected chi connectivity index (χ4v) is 4.31. The third-order valence-corrected chi connectivity index (χ3v) is 6.01. The van der Waals surface area contributed by atoms with Crippen LogP contribution in [0.15, 0.2) is 40.5 Å². The summed E-state index contributed by atoms with van der Waals surface area (Å²) in [7, 11) is 1.71. The maximum Gasteiger partial charge on any atom is 0.268 e. The molecule has 2 heterocycles. The van der Waals surface area contributed by atoms with Gasteiger partial charge in [0.1, 0.15) is 16.3 Å². The van der Waals surface area contributed by atoms with Gasteiger partial charge in [-0.25, -0.2) is 9.37 Å². The van der Waals surface area contributed by atoms with E-state index in [4.69, 9.17) is 0 Å². The first-order chi connectivity index (χ1) is 12.5. The van der Waals surface area contributed by atoms with Crippen LogP contribution in [0.25, 0.3) is 10.2 Å². The van der Waals surface area contributed by atoms with Gasteiger partial charge in [0.05, 0.1) is 17.5 Å². The smallest absolute Gasteiger partial charge is 0.268 e. The lowest BCUT2D eigenvalue weighted by atomic mass is 9.63. The van der Waals surface area contributed by atoms with E-state index in [2.05, 4.69) is 9.97 Å². The minimum Gasteiger partial charge on any atom is -0.338 e. The number of thiophene rings is 1. The minimum atomic E-state index is -0.602. The van der Waals surface area contributed by atoms with Gasteiger partial charge in [0.25, 0.3) is 5.56 Å². The lowest BCUT2D eigenvalue weighted by molar-refractivity contribution is -0.140. The van der Waals surface area contributed by atoms with Crippen molar-refractivity contribution in [3.05, 3.63) is 63.3 Å². The number of aromatic nitrogens is 2. The van der Waals surface area contributed by atoms with Gasteiger partial charge in [-0.15, -0.1) is 11.3 Å². The van der Waals surface area contributed by atoms with E-state index in [-0.39, 0.29) is 23.8 Å². The van der Waals surface area contributed by atoms with Gasteiger partial charge in [0, 0.05) is 7.05 Å². The quantitative estimate of drug-likeness (QED) is 0.766. The minimum absolute atomic E-state index is 0.0246. The maximum absolute atomic E-state index is 13.2. The van der Waals surface area contributed by atoms with E-state index in [1.165, 1.54) is 23.5 Å². The molecule has 0 atom stereocenters. The van der Waals surface area contributed by atoms with Gasteiger partial charge in [-0.1, -0.05) is 18.6 Å². The zero-order valence-electron chi connectivity index (χ0n) is 14.3. The number of halogens is 1. The summed E-state index contributed by atoms with van der Waals surface area (Å²) < 4.78 is 13.8. The first-order valence-corrected chi connectivity index (χ1v) is 9.36. The zero-order chi connectivity index (χ0) is 18.3. The van der Waals surface area contributed by atoms with Gasteiger partial charge in [-0.3, -0.25) is 9.59 Å². The van der Waals surface area contributed by atoms with Gasteiger partial charge in [0.2, 0.25) is 5.91 Å². The van der Waals surface area contributed by atoms with Gasteiger partial charge in [-0.05, 0) is 42.0 Å². The Bertz CT molecular complexity index is 1020. The van der Waals surface area contributed by atoms with E-state index in [1.54, 1.807) is 30.1 Å². The number of nitrogens with zero attached hydrogens (tertiary/aromatic N) is 2. The Kier molecular flexibility index (Phi) is 4.11. The Morgan fingerprint density at radius 3 is 2.69 bits per heavy atom. The lowest BCUT2D eigenvalue weighted by Crippen LogP contribution is -2.49. The number of amides is 1. The topological polar surface area (TPSA) is 66.1 Å². The van der Waals surface area contributed by atoms with Crippen molar-refractivity contribution in [2.45, 2.75) is 31.2 Å². The molecule has 1 amide bonds. The van der Waals surface area contributed by atoms with Crippen LogP contribution in [-0.4, -0.2) is 27.8 Å². The molecule has 0 saturated heterocycles. The molecule has 2 aromatic heterocycles. The van der Waals surface area contributed by atoms with Crippen LogP contribution < -0.4 is 5.56 Å². The molecule has 1 aliphatic carbocycles. The Hall–Kier alpha value is -2.54. The van der Waals surface area contributed by atoms with Crippen LogP contribution in [0.5, 0.6) is 0 Å². The normalized spacial score (nSPS) is 15.6. The molecule has 26 heavy (non-hydrogen) atoms. The Morgan fingerprint density at radius 1 is 1.31 bits per heavy atom. The number of carbonyl (C=O) groups excluding carboxylic acids is 1. The third-order valence-electron chi connectivity index (χ3n) is 5.11. The third kappa shape index (κ3) is 2.72. The second kappa shape index (κ2) is 6.32. The Labute approximate surface area is 153 Å². The summed E-state index contributed by atoms with van der Waals surface area (Å²) in [5.74, 6) is 0.128. The highest BCUT2D eigenvalue weighted by molar-refractivity contribution is 7.17. The predicted octanol–water partition coefficient (Wildman–Crippen LogP) is 3.20. The van der Waals surface area contributed by atoms with Crippen LogP contribution in [0.3, 0.4) is 0 Å². The van der Waals surface area contributed by atoms with Crippen LogP contribution in [-0.2, 0) is 16.8 Å². The number of benzene rings is 1. The van der Waals surface area contributed by atoms with E-state index >= 15 is 0 Å². The molecule has 1 saturated carbocycles. The van der Waals surface area contributed by atoms with Crippen molar-refractivity contribution in [2.24, 2.45) is 0 Å². The van der Waals surface area contributed by atoms with Crippen molar-refractivity contribution < 1.29 is 9.18 Å². The highest BCUT2D eigenvalue weighted by Gasteiger charge is 2.47. The summed E-state index contributed by atoms with van der Waals surface area (Å²) >= 11 is 1.35. The van der Waals surface area contributed by atoms with Gasteiger partial charge < -0.3 is 9.88 Å². The Morgan fingerprint density at radius 2 is 2.04 bits per heavy atom. The zero-order valence-corrected chi connectivity index (χ0v) is 15.1. The van der Waals surface area contributed by atoms with Crippen LogP contribution in [0, 0.1) is 5.82 Å². The first kappa shape index (κ1) is 16.9. The van der Waals surface area contributed by atoms with Crippen molar-refractivity contribution in [3.63, 3.8) is 0 Å². The van der Waals surface area contributed by atoms with Crippen LogP contribution in [0.1, 0.15) is 30.7 Å². The van der Waals surface area contributed by atoms with Gasteiger partial charge in [-0.2, -0.15) is 0 Å². The Balaban J connectivity index is 1.60. The van der Waals surface area contributed by atoms with Crippen molar-refractivity contribution in [1.82, 2.24) is 14.9 Å². The molecule has 134 valence electrons. The van der Waals surface area contributed by atoms with Gasteiger partial charge >= 0.3 is 0 Å².